The van der Waals surface area contributed by atoms with E-state index in [2.05, 4.69) is 21.8 Å². The molecule has 6 N–H and O–H groups in total. The van der Waals surface area contributed by atoms with Gasteiger partial charge in [0.05, 0.1) is 25.4 Å². The van der Waals surface area contributed by atoms with Gasteiger partial charge in [-0.1, -0.05) is 11.8 Å². The van der Waals surface area contributed by atoms with Crippen molar-refractivity contribution in [3.05, 3.63) is 65.2 Å². The second-order valence-corrected chi connectivity index (χ2v) is 7.90. The van der Waals surface area contributed by atoms with Gasteiger partial charge in [-0.25, -0.2) is 9.59 Å². The Labute approximate surface area is 189 Å². The lowest BCUT2D eigenvalue weighted by atomic mass is 10.2. The lowest BCUT2D eigenvalue weighted by Crippen LogP contribution is -2.34. The third kappa shape index (κ3) is 4.53. The van der Waals surface area contributed by atoms with Crippen molar-refractivity contribution < 1.29 is 29.9 Å². The largest absolute Gasteiger partial charge is 0.394 e. The van der Waals surface area contributed by atoms with Gasteiger partial charge in [-0.3, -0.25) is 28.7 Å². The molecule has 0 bridgehead atoms. The van der Waals surface area contributed by atoms with Gasteiger partial charge in [-0.2, -0.15) is 0 Å². The number of H-pyrrole nitrogens is 2. The smallest absolute Gasteiger partial charge is 0.330 e. The van der Waals surface area contributed by atoms with Crippen LogP contribution in [-0.2, 0) is 9.47 Å². The van der Waals surface area contributed by atoms with Crippen molar-refractivity contribution >= 4 is 0 Å². The summed E-state index contributed by atoms with van der Waals surface area (Å²) in [4.78, 5) is 53.0. The van der Waals surface area contributed by atoms with E-state index in [4.69, 9.17) is 9.47 Å². The van der Waals surface area contributed by atoms with Gasteiger partial charge in [0.1, 0.15) is 35.8 Å². The van der Waals surface area contributed by atoms with Crippen LogP contribution in [0.1, 0.15) is 36.4 Å². The molecule has 2 saturated heterocycles. The van der Waals surface area contributed by atoms with Crippen LogP contribution in [0.25, 0.3) is 0 Å². The van der Waals surface area contributed by atoms with Crippen LogP contribution in [0.4, 0.5) is 0 Å². The van der Waals surface area contributed by atoms with E-state index in [-0.39, 0.29) is 24.0 Å². The summed E-state index contributed by atoms with van der Waals surface area (Å²) in [6, 6.07) is 0. The van der Waals surface area contributed by atoms with Crippen molar-refractivity contribution in [2.45, 2.75) is 49.7 Å². The average Bonchev–Trinajstić information content (AvgIpc) is 3.35. The Kier molecular flexibility index (Phi) is 6.66. The van der Waals surface area contributed by atoms with Crippen LogP contribution in [0.5, 0.6) is 0 Å². The van der Waals surface area contributed by atoms with Crippen LogP contribution < -0.4 is 22.5 Å². The highest BCUT2D eigenvalue weighted by molar-refractivity contribution is 5.39. The van der Waals surface area contributed by atoms with Crippen molar-refractivity contribution in [2.24, 2.45) is 0 Å². The first-order chi connectivity index (χ1) is 16.2. The van der Waals surface area contributed by atoms with Crippen molar-refractivity contribution in [3.8, 4) is 11.8 Å². The van der Waals surface area contributed by atoms with Gasteiger partial charge in [0, 0.05) is 25.2 Å². The third-order valence-corrected chi connectivity index (χ3v) is 5.66. The first-order valence-electron chi connectivity index (χ1n) is 10.3. The van der Waals surface area contributed by atoms with Gasteiger partial charge in [-0.05, 0) is 0 Å². The fourth-order valence-electron chi connectivity index (χ4n) is 3.81. The number of ether oxygens (including phenoxy) is 2. The molecule has 0 radical (unpaired) electrons. The van der Waals surface area contributed by atoms with E-state index in [1.54, 1.807) is 0 Å². The molecule has 0 unspecified atom stereocenters. The summed E-state index contributed by atoms with van der Waals surface area (Å²) in [5.41, 5.74) is -3.68. The molecule has 0 spiro atoms. The minimum atomic E-state index is -1.01. The molecule has 2 aromatic heterocycles. The zero-order valence-corrected chi connectivity index (χ0v) is 17.6. The van der Waals surface area contributed by atoms with Crippen LogP contribution in [0.15, 0.2) is 31.6 Å². The number of aromatic amines is 2. The van der Waals surface area contributed by atoms with Crippen molar-refractivity contribution in [2.75, 3.05) is 13.2 Å². The van der Waals surface area contributed by atoms with Crippen LogP contribution in [0, 0.1) is 11.8 Å². The Morgan fingerprint density at radius 2 is 1.18 bits per heavy atom. The van der Waals surface area contributed by atoms with Crippen LogP contribution in [-0.4, -0.2) is 77.2 Å². The molecule has 0 amide bonds. The molecule has 2 aliphatic heterocycles. The maximum absolute atomic E-state index is 12.2. The quantitative estimate of drug-likeness (QED) is 0.235. The van der Waals surface area contributed by atoms with E-state index in [1.165, 1.54) is 0 Å². The first-order valence-corrected chi connectivity index (χ1v) is 10.3. The number of hydrogen-bond acceptors (Lipinski definition) is 10. The summed E-state index contributed by atoms with van der Waals surface area (Å²) in [5, 5.41) is 38.2. The molecule has 14 heteroatoms. The predicted octanol–water partition coefficient (Wildman–Crippen LogP) is -3.93. The Morgan fingerprint density at radius 1 is 0.794 bits per heavy atom. The maximum Gasteiger partial charge on any atom is 0.330 e. The molecule has 2 fully saturated rings. The van der Waals surface area contributed by atoms with Gasteiger partial charge < -0.3 is 29.9 Å². The molecule has 182 valence electrons. The monoisotopic (exact) mass is 478 g/mol. The van der Waals surface area contributed by atoms with E-state index in [1.807, 2.05) is 0 Å². The molecule has 34 heavy (non-hydrogen) atoms. The topological polar surface area (TPSA) is 209 Å². The minimum Gasteiger partial charge on any atom is -0.394 e. The zero-order chi connectivity index (χ0) is 24.6. The summed E-state index contributed by atoms with van der Waals surface area (Å²) in [7, 11) is 0. The standard InChI is InChI=1S/C20H22N4O10/c25-7-13-11(27)3-15(33-13)23-5-9(17(29)21-19(23)31)1-2-10-6-24(20(32)22-18(10)30)16-4-12(28)14(8-26)34-16/h5-6,11-16,25-28H,3-4,7-8H2,(H,21,29,31)(H,22,30,32)/t11-,12-,13+,14+,15+,16+/m0/s1. The van der Waals surface area contributed by atoms with Gasteiger partial charge in [0.25, 0.3) is 11.1 Å². The normalized spacial score (nSPS) is 28.6. The fraction of sp³-hybridized carbons (Fsp3) is 0.500. The molecule has 14 nitrogen and oxygen atoms in total. The zero-order valence-electron chi connectivity index (χ0n) is 17.6. The molecule has 4 heterocycles. The van der Waals surface area contributed by atoms with Gasteiger partial charge in [-0.15, -0.1) is 0 Å². The van der Waals surface area contributed by atoms with Crippen LogP contribution >= 0.6 is 0 Å². The van der Waals surface area contributed by atoms with E-state index < -0.39 is 72.6 Å². The highest BCUT2D eigenvalue weighted by Crippen LogP contribution is 2.28. The summed E-state index contributed by atoms with van der Waals surface area (Å²) in [5.74, 6) is 4.95. The van der Waals surface area contributed by atoms with Crippen molar-refractivity contribution in [1.29, 1.82) is 0 Å². The summed E-state index contributed by atoms with van der Waals surface area (Å²) < 4.78 is 12.9. The number of aliphatic hydroxyl groups is 4. The van der Waals surface area contributed by atoms with E-state index in [9.17, 15) is 39.6 Å². The van der Waals surface area contributed by atoms with Gasteiger partial charge in [0.15, 0.2) is 0 Å². The second kappa shape index (κ2) is 9.50. The highest BCUT2D eigenvalue weighted by atomic mass is 16.5. The maximum atomic E-state index is 12.2. The second-order valence-electron chi connectivity index (χ2n) is 7.90. The summed E-state index contributed by atoms with van der Waals surface area (Å²) in [6.45, 7) is -0.913. The Balaban J connectivity index is 1.67. The lowest BCUT2D eigenvalue weighted by Gasteiger charge is -2.14. The van der Waals surface area contributed by atoms with E-state index >= 15 is 0 Å². The molecule has 0 aromatic carbocycles. The van der Waals surface area contributed by atoms with Crippen LogP contribution in [0.3, 0.4) is 0 Å². The molecule has 4 rings (SSSR count). The summed E-state index contributed by atoms with van der Waals surface area (Å²) in [6.07, 6.45) is -3.49. The van der Waals surface area contributed by atoms with Crippen LogP contribution in [0.2, 0.25) is 0 Å². The molecular formula is C20H22N4O10. The SMILES string of the molecule is O=c1[nH]c(=O)n([C@H]2C[C@H](O)[C@@H](CO)O2)cc1C#Cc1cn([C@H]2C[C@H](O)[C@@H](CO)O2)c(=O)[nH]c1=O. The molecule has 0 aliphatic carbocycles. The molecule has 2 aromatic rings. The Hall–Kier alpha value is -3.32. The summed E-state index contributed by atoms with van der Waals surface area (Å²) >= 11 is 0. The average molecular weight is 478 g/mol. The number of aromatic nitrogens is 4. The third-order valence-electron chi connectivity index (χ3n) is 5.66. The van der Waals surface area contributed by atoms with E-state index in [0.29, 0.717) is 0 Å². The first kappa shape index (κ1) is 23.8. The number of nitrogens with one attached hydrogen (secondary N) is 2. The number of nitrogens with zero attached hydrogens (tertiary/aromatic N) is 2. The highest BCUT2D eigenvalue weighted by Gasteiger charge is 2.36. The molecular weight excluding hydrogens is 456 g/mol. The number of rotatable bonds is 4. The van der Waals surface area contributed by atoms with Crippen molar-refractivity contribution in [1.82, 2.24) is 19.1 Å². The molecule has 0 saturated carbocycles. The molecule has 2 aliphatic rings. The predicted molar refractivity (Wildman–Crippen MR) is 112 cm³/mol. The molecule has 6 atom stereocenters. The van der Waals surface area contributed by atoms with E-state index in [0.717, 1.165) is 21.5 Å². The van der Waals surface area contributed by atoms with Crippen molar-refractivity contribution in [3.63, 3.8) is 0 Å². The van der Waals surface area contributed by atoms with Gasteiger partial charge in [0.2, 0.25) is 0 Å². The Morgan fingerprint density at radius 3 is 1.50 bits per heavy atom. The lowest BCUT2D eigenvalue weighted by molar-refractivity contribution is -0.0459. The minimum absolute atomic E-state index is 0.00322. The van der Waals surface area contributed by atoms with Gasteiger partial charge >= 0.3 is 11.4 Å². The number of hydrogen-bond donors (Lipinski definition) is 6. The Bertz CT molecular complexity index is 1260. The number of aliphatic hydroxyl groups excluding tert-OH is 4. The fourth-order valence-corrected chi connectivity index (χ4v) is 3.81.